The van der Waals surface area contributed by atoms with Crippen LogP contribution in [0.15, 0.2) is 31.7 Å². The van der Waals surface area contributed by atoms with Crippen LogP contribution in [0.4, 0.5) is 5.13 Å². The fraction of sp³-hybridized carbons (Fsp3) is 0.368. The fourth-order valence-electron chi connectivity index (χ4n) is 3.33. The Labute approximate surface area is 225 Å². The highest BCUT2D eigenvalue weighted by atomic mass is 32.2. The van der Waals surface area contributed by atoms with Gasteiger partial charge in [-0.2, -0.15) is 0 Å². The van der Waals surface area contributed by atoms with Gasteiger partial charge in [0.1, 0.15) is 28.3 Å². The summed E-state index contributed by atoms with van der Waals surface area (Å²) in [6.45, 7) is 1.24. The van der Waals surface area contributed by atoms with Gasteiger partial charge in [-0.15, -0.1) is 33.3 Å². The van der Waals surface area contributed by atoms with Crippen LogP contribution in [0.25, 0.3) is 0 Å². The van der Waals surface area contributed by atoms with Crippen molar-refractivity contribution < 1.29 is 33.9 Å². The molecule has 2 aromatic heterocycles. The smallest absolute Gasteiger partial charge is 0.352 e. The minimum absolute atomic E-state index is 0.0888. The minimum Gasteiger partial charge on any atom is -0.477 e. The van der Waals surface area contributed by atoms with E-state index in [0.717, 1.165) is 11.3 Å². The van der Waals surface area contributed by atoms with Gasteiger partial charge in [0.05, 0.1) is 6.61 Å². The molecule has 2 aromatic rings. The third-order valence-electron chi connectivity index (χ3n) is 4.87. The zero-order chi connectivity index (χ0) is 26.5. The summed E-state index contributed by atoms with van der Waals surface area (Å²) in [5, 5.41) is 24.8. The molecule has 4 N–H and O–H groups in total. The average Bonchev–Trinajstić information content (AvgIpc) is 3.55. The average molecular weight is 586 g/mol. The van der Waals surface area contributed by atoms with E-state index in [4.69, 9.17) is 15.3 Å². The molecular formula is C19H19N7O7S4. The monoisotopic (exact) mass is 585 g/mol. The molecule has 196 valence electrons. The molecular weight excluding hydrogens is 567 g/mol. The van der Waals surface area contributed by atoms with Crippen LogP contribution in [-0.2, 0) is 28.8 Å². The topological polar surface area (TPSA) is 199 Å². The van der Waals surface area contributed by atoms with Crippen molar-refractivity contribution in [1.82, 2.24) is 25.4 Å². The maximum atomic E-state index is 13.1. The van der Waals surface area contributed by atoms with E-state index in [2.05, 4.69) is 25.7 Å². The lowest BCUT2D eigenvalue weighted by molar-refractivity contribution is -0.150. The van der Waals surface area contributed by atoms with E-state index in [1.54, 1.807) is 12.4 Å². The van der Waals surface area contributed by atoms with Crippen molar-refractivity contribution in [3.63, 3.8) is 0 Å². The van der Waals surface area contributed by atoms with Crippen molar-refractivity contribution in [2.45, 2.75) is 22.7 Å². The molecule has 2 amide bonds. The number of nitrogens with zero attached hydrogens (tertiary/aromatic N) is 5. The van der Waals surface area contributed by atoms with Gasteiger partial charge in [-0.3, -0.25) is 14.5 Å². The number of amides is 2. The number of aliphatic carboxylic acids is 1. The van der Waals surface area contributed by atoms with Crippen LogP contribution in [0.2, 0.25) is 0 Å². The van der Waals surface area contributed by atoms with Crippen LogP contribution in [0.1, 0.15) is 12.6 Å². The normalized spacial score (nSPS) is 19.2. The van der Waals surface area contributed by atoms with Gasteiger partial charge in [0.15, 0.2) is 15.2 Å². The summed E-state index contributed by atoms with van der Waals surface area (Å²) < 4.78 is 5.44. The van der Waals surface area contributed by atoms with Crippen LogP contribution in [-0.4, -0.2) is 90.8 Å². The van der Waals surface area contributed by atoms with Crippen LogP contribution >= 0.6 is 46.2 Å². The number of anilines is 1. The van der Waals surface area contributed by atoms with Crippen LogP contribution in [0.5, 0.6) is 0 Å². The highest BCUT2D eigenvalue weighted by Gasteiger charge is 2.54. The maximum absolute atomic E-state index is 13.1. The zero-order valence-electron chi connectivity index (χ0n) is 19.0. The molecule has 0 radical (unpaired) electrons. The Hall–Kier alpha value is -3.22. The largest absolute Gasteiger partial charge is 0.477 e. The summed E-state index contributed by atoms with van der Waals surface area (Å²) in [5.41, 5.74) is 7.50. The molecule has 0 saturated carbocycles. The molecule has 37 heavy (non-hydrogen) atoms. The number of ether oxygens (including phenoxy) is 1. The minimum atomic E-state index is -1.23. The molecule has 1 fully saturated rings. The Morgan fingerprint density at radius 3 is 2.84 bits per heavy atom. The summed E-state index contributed by atoms with van der Waals surface area (Å²) in [6, 6.07) is -1.00. The zero-order valence-corrected chi connectivity index (χ0v) is 22.2. The number of carboxylic acid groups (broad SMARTS) is 1. The number of carboxylic acids is 1. The van der Waals surface area contributed by atoms with Gasteiger partial charge in [0.25, 0.3) is 11.8 Å². The maximum Gasteiger partial charge on any atom is 0.352 e. The molecule has 0 aromatic carbocycles. The van der Waals surface area contributed by atoms with Crippen LogP contribution in [0, 0.1) is 0 Å². The third-order valence-corrected chi connectivity index (χ3v) is 8.83. The number of fused-ring (bicyclic) bond motifs is 1. The molecule has 1 unspecified atom stereocenters. The number of esters is 1. The van der Waals surface area contributed by atoms with Gasteiger partial charge in [-0.25, -0.2) is 14.6 Å². The van der Waals surface area contributed by atoms with Gasteiger partial charge in [-0.05, 0) is 12.5 Å². The number of thiazole rings is 1. The molecule has 14 nitrogen and oxygen atoms in total. The van der Waals surface area contributed by atoms with Crippen molar-refractivity contribution in [2.24, 2.45) is 5.16 Å². The molecule has 2 aliphatic heterocycles. The first kappa shape index (κ1) is 26.8. The molecule has 0 spiro atoms. The Bertz CT molecular complexity index is 1260. The Morgan fingerprint density at radius 1 is 1.38 bits per heavy atom. The summed E-state index contributed by atoms with van der Waals surface area (Å²) >= 11 is 5.06. The van der Waals surface area contributed by atoms with Gasteiger partial charge in [0.2, 0.25) is 6.61 Å². The van der Waals surface area contributed by atoms with E-state index in [1.807, 2.05) is 0 Å². The van der Waals surface area contributed by atoms with E-state index in [0.29, 0.717) is 21.4 Å². The number of β-lactam (4-membered cyclic amide) rings is 1. The number of nitrogens with two attached hydrogens (primary N) is 1. The van der Waals surface area contributed by atoms with Crippen LogP contribution in [0.3, 0.4) is 0 Å². The Morgan fingerprint density at radius 2 is 2.19 bits per heavy atom. The first-order valence-electron chi connectivity index (χ1n) is 10.5. The fourth-order valence-corrected chi connectivity index (χ4v) is 6.85. The second kappa shape index (κ2) is 11.9. The standard InChI is InChI=1S/C19H19N7O7S4/c1-2-32-10(27)3-33-25-11(9-6-35-18(20)22-9)14(28)23-12-15(29)26-13(17(30)31)8(4-34-16(12)26)5-36-19-24-21-7-37-19/h6-7,12,16H,2-5H2,1H3,(H2,20,22)(H,23,28)(H,30,31)/t12?,16-/m1/s1. The van der Waals surface area contributed by atoms with Crippen LogP contribution < -0.4 is 11.1 Å². The van der Waals surface area contributed by atoms with E-state index < -0.39 is 41.8 Å². The number of hydrogen-bond acceptors (Lipinski definition) is 15. The van der Waals surface area contributed by atoms with Gasteiger partial charge < -0.3 is 25.7 Å². The second-order valence-corrected chi connectivity index (χ2v) is 11.3. The summed E-state index contributed by atoms with van der Waals surface area (Å²) in [5.74, 6) is -2.61. The molecule has 2 aliphatic rings. The first-order chi connectivity index (χ1) is 17.8. The predicted molar refractivity (Wildman–Crippen MR) is 136 cm³/mol. The quantitative estimate of drug-likeness (QED) is 0.108. The lowest BCUT2D eigenvalue weighted by atomic mass is 10.0. The highest BCUT2D eigenvalue weighted by Crippen LogP contribution is 2.41. The molecule has 0 aliphatic carbocycles. The van der Waals surface area contributed by atoms with E-state index in [1.165, 1.54) is 45.1 Å². The lowest BCUT2D eigenvalue weighted by Gasteiger charge is -2.49. The molecule has 4 rings (SSSR count). The number of oxime groups is 1. The lowest BCUT2D eigenvalue weighted by Crippen LogP contribution is -2.71. The number of hydrogen-bond donors (Lipinski definition) is 3. The van der Waals surface area contributed by atoms with Crippen molar-refractivity contribution in [1.29, 1.82) is 0 Å². The second-order valence-electron chi connectivity index (χ2n) is 7.20. The number of thioether (sulfide) groups is 2. The predicted octanol–water partition coefficient (Wildman–Crippen LogP) is 0.392. The summed E-state index contributed by atoms with van der Waals surface area (Å²) in [7, 11) is 0. The van der Waals surface area contributed by atoms with Gasteiger partial charge in [0, 0.05) is 16.9 Å². The summed E-state index contributed by atoms with van der Waals surface area (Å²) in [4.78, 5) is 59.7. The van der Waals surface area contributed by atoms with E-state index in [9.17, 15) is 24.3 Å². The van der Waals surface area contributed by atoms with Crippen molar-refractivity contribution in [2.75, 3.05) is 30.5 Å². The number of carbonyl (C=O) groups is 4. The highest BCUT2D eigenvalue weighted by molar-refractivity contribution is 8.01. The number of nitrogens with one attached hydrogen (secondary N) is 1. The number of nitrogen functional groups attached to an aromatic ring is 1. The Kier molecular flexibility index (Phi) is 8.62. The van der Waals surface area contributed by atoms with E-state index in [-0.39, 0.29) is 28.8 Å². The molecule has 1 saturated heterocycles. The molecule has 0 bridgehead atoms. The Balaban J connectivity index is 1.47. The number of rotatable bonds is 11. The first-order valence-corrected chi connectivity index (χ1v) is 14.3. The van der Waals surface area contributed by atoms with E-state index >= 15 is 0 Å². The van der Waals surface area contributed by atoms with Gasteiger partial charge >= 0.3 is 11.9 Å². The van der Waals surface area contributed by atoms with Crippen molar-refractivity contribution in [3.05, 3.63) is 27.9 Å². The summed E-state index contributed by atoms with van der Waals surface area (Å²) in [6.07, 6.45) is 0. The van der Waals surface area contributed by atoms with Crippen molar-refractivity contribution in [3.8, 4) is 0 Å². The molecule has 2 atom stereocenters. The van der Waals surface area contributed by atoms with Gasteiger partial charge in [-0.1, -0.05) is 28.3 Å². The molecule has 18 heteroatoms. The SMILES string of the molecule is CCOC(=O)CON=C(C(=O)NC1C(=O)N2C(C(=O)O)=C(CSc3nncs3)CS[C@H]12)c1csc(N)n1. The van der Waals surface area contributed by atoms with Crippen molar-refractivity contribution >= 4 is 80.8 Å². The third kappa shape index (κ3) is 6.03. The molecule has 4 heterocycles. The number of aromatic nitrogens is 3. The number of carbonyl (C=O) groups excluding carboxylic acids is 3.